The summed E-state index contributed by atoms with van der Waals surface area (Å²) in [7, 11) is -1.82. The van der Waals surface area contributed by atoms with Gasteiger partial charge in [-0.15, -0.1) is 0 Å². The van der Waals surface area contributed by atoms with Crippen LogP contribution in [-0.4, -0.2) is 10.4 Å². The minimum absolute atomic E-state index is 0.0185. The number of thiol groups is 1. The molecular weight excluding hydrogens is 88.1 g/mol. The highest BCUT2D eigenvalue weighted by Crippen LogP contribution is 1.87. The molecule has 5 heavy (non-hydrogen) atoms. The Labute approximate surface area is 32.6 Å². The lowest BCUT2D eigenvalue weighted by molar-refractivity contribution is 0.656. The minimum atomic E-state index is -1.82. The lowest BCUT2D eigenvalue weighted by atomic mass is 11.6. The van der Waals surface area contributed by atoms with Gasteiger partial charge in [0.05, 0.1) is 5.88 Å². The summed E-state index contributed by atoms with van der Waals surface area (Å²) in [6, 6.07) is 0. The molecule has 0 saturated heterocycles. The number of nitrogens with two attached hydrogens (primary N) is 1. The predicted molar refractivity (Wildman–Crippen MR) is 22.4 cm³/mol. The maximum Gasteiger partial charge on any atom is 0.0743 e. The zero-order chi connectivity index (χ0) is 4.28. The van der Waals surface area contributed by atoms with E-state index in [0.717, 1.165) is 0 Å². The maximum atomic E-state index is 7.86. The highest BCUT2D eigenvalue weighted by molar-refractivity contribution is 7.98. The molecule has 0 aromatic rings. The molecule has 0 saturated carbocycles. The predicted octanol–water partition coefficient (Wildman–Crippen LogP) is -0.144. The van der Waals surface area contributed by atoms with E-state index in [-0.39, 0.29) is 5.88 Å². The summed E-state index contributed by atoms with van der Waals surface area (Å²) >= 11 is 0. The van der Waals surface area contributed by atoms with Crippen molar-refractivity contribution in [3.63, 3.8) is 0 Å². The Balaban J connectivity index is 2.97. The first-order chi connectivity index (χ1) is 2.27. The molecule has 3 N–H and O–H groups in total. The molecule has 0 aliphatic heterocycles. The third-order valence-corrected chi connectivity index (χ3v) is 0.490. The van der Waals surface area contributed by atoms with E-state index in [2.05, 4.69) is 0 Å². The van der Waals surface area contributed by atoms with Gasteiger partial charge in [-0.1, -0.05) is 0 Å². The second kappa shape index (κ2) is 2.23. The summed E-state index contributed by atoms with van der Waals surface area (Å²) in [6.07, 6.45) is 0. The summed E-state index contributed by atoms with van der Waals surface area (Å²) in [5.41, 5.74) is 4.70. The molecule has 0 aliphatic rings. The van der Waals surface area contributed by atoms with Gasteiger partial charge in [0.1, 0.15) is 0 Å². The van der Waals surface area contributed by atoms with Crippen LogP contribution < -0.4 is 5.73 Å². The summed E-state index contributed by atoms with van der Waals surface area (Å²) < 4.78 is 15.7. The van der Waals surface area contributed by atoms with Crippen molar-refractivity contribution in [3.05, 3.63) is 0 Å². The van der Waals surface area contributed by atoms with Crippen LogP contribution in [0.5, 0.6) is 0 Å². The van der Waals surface area contributed by atoms with E-state index in [9.17, 15) is 0 Å². The molecule has 3 nitrogen and oxygen atoms in total. The highest BCUT2D eigenvalue weighted by atomic mass is 32.2. The molecule has 32 valence electrons. The van der Waals surface area contributed by atoms with Crippen LogP contribution in [0.3, 0.4) is 0 Å². The second-order valence-corrected chi connectivity index (χ2v) is 1.66. The first kappa shape index (κ1) is 4.98. The van der Waals surface area contributed by atoms with E-state index < -0.39 is 10.8 Å². The van der Waals surface area contributed by atoms with Crippen molar-refractivity contribution in [1.29, 1.82) is 4.61 Å². The van der Waals surface area contributed by atoms with Crippen molar-refractivity contribution in [2.75, 3.05) is 5.88 Å². The number of rotatable bonds is 0. The average molecular weight is 94.1 g/mol. The molecule has 0 rings (SSSR count). The Kier molecular flexibility index (Phi) is 2.22. The number of hydrogen-bond donors (Lipinski definition) is 3. The van der Waals surface area contributed by atoms with Crippen molar-refractivity contribution >= 4 is 10.8 Å². The van der Waals surface area contributed by atoms with Gasteiger partial charge in [-0.25, -0.2) is 4.61 Å². The Hall–Kier alpha value is -0.0200. The summed E-state index contributed by atoms with van der Waals surface area (Å²) in [6.45, 7) is 0. The molecule has 0 aromatic heterocycles. The molecule has 4 heteroatoms. The SMILES string of the molecule is N#[SH](O)CN. The molecule has 0 amide bonds. The summed E-state index contributed by atoms with van der Waals surface area (Å²) in [5, 5.41) is 0. The molecule has 1 unspecified atom stereocenters. The largest absolute Gasteiger partial charge is 0.322 e. The maximum absolute atomic E-state index is 7.86. The van der Waals surface area contributed by atoms with Gasteiger partial charge in [-0.3, -0.25) is 0 Å². The van der Waals surface area contributed by atoms with E-state index in [1.807, 2.05) is 0 Å². The van der Waals surface area contributed by atoms with Gasteiger partial charge < -0.3 is 10.3 Å². The van der Waals surface area contributed by atoms with Crippen molar-refractivity contribution in [2.45, 2.75) is 0 Å². The fourth-order valence-corrected chi connectivity index (χ4v) is 0. The van der Waals surface area contributed by atoms with Crippen molar-refractivity contribution in [1.82, 2.24) is 0 Å². The Morgan fingerprint density at radius 1 is 2.00 bits per heavy atom. The Morgan fingerprint density at radius 3 is 2.20 bits per heavy atom. The van der Waals surface area contributed by atoms with Crippen molar-refractivity contribution in [3.8, 4) is 0 Å². The molecule has 0 fully saturated rings. The number of hydrogen-bond acceptors (Lipinski definition) is 3. The van der Waals surface area contributed by atoms with Crippen LogP contribution in [0.15, 0.2) is 0 Å². The van der Waals surface area contributed by atoms with Gasteiger partial charge >= 0.3 is 0 Å². The van der Waals surface area contributed by atoms with Gasteiger partial charge in [-0.2, -0.15) is 0 Å². The van der Waals surface area contributed by atoms with Crippen LogP contribution in [0.25, 0.3) is 0 Å². The minimum Gasteiger partial charge on any atom is -0.322 e. The molecule has 0 radical (unpaired) electrons. The molecule has 0 heterocycles. The van der Waals surface area contributed by atoms with E-state index in [0.29, 0.717) is 0 Å². The molecular formula is CH6N2OS. The third-order valence-electron chi connectivity index (χ3n) is 0.163. The van der Waals surface area contributed by atoms with Gasteiger partial charge in [0, 0.05) is 10.8 Å². The molecule has 0 aromatic carbocycles. The number of nitrogens with zero attached hydrogens (tertiary/aromatic N) is 1. The fraction of sp³-hybridized carbons (Fsp3) is 1.00. The van der Waals surface area contributed by atoms with Gasteiger partial charge in [0.2, 0.25) is 0 Å². The second-order valence-electron chi connectivity index (χ2n) is 0.555. The Bertz CT molecular complexity index is 71.5. The van der Waals surface area contributed by atoms with Crippen LogP contribution in [0, 0.1) is 4.61 Å². The van der Waals surface area contributed by atoms with Crippen molar-refractivity contribution < 1.29 is 4.55 Å². The zero-order valence-corrected chi connectivity index (χ0v) is 3.52. The first-order valence-electron chi connectivity index (χ1n) is 1.12. The fourth-order valence-electron chi connectivity index (χ4n) is 0. The van der Waals surface area contributed by atoms with Crippen molar-refractivity contribution in [2.24, 2.45) is 5.73 Å². The van der Waals surface area contributed by atoms with E-state index in [1.165, 1.54) is 0 Å². The van der Waals surface area contributed by atoms with E-state index >= 15 is 0 Å². The van der Waals surface area contributed by atoms with Crippen LogP contribution >= 0.6 is 10.8 Å². The van der Waals surface area contributed by atoms with E-state index in [1.54, 1.807) is 0 Å². The monoisotopic (exact) mass is 94.0 g/mol. The summed E-state index contributed by atoms with van der Waals surface area (Å²) in [5.74, 6) is -0.0185. The third kappa shape index (κ3) is 3.98. The lowest BCUT2D eigenvalue weighted by Gasteiger charge is -1.76. The normalized spacial score (nSPS) is 14.6. The Morgan fingerprint density at radius 2 is 2.20 bits per heavy atom. The highest BCUT2D eigenvalue weighted by Gasteiger charge is 1.66. The lowest BCUT2D eigenvalue weighted by Crippen LogP contribution is -1.90. The van der Waals surface area contributed by atoms with E-state index in [4.69, 9.17) is 14.9 Å². The van der Waals surface area contributed by atoms with Gasteiger partial charge in [0.15, 0.2) is 0 Å². The first-order valence-corrected chi connectivity index (χ1v) is 2.56. The quantitative estimate of drug-likeness (QED) is 0.366. The smallest absolute Gasteiger partial charge is 0.0743 e. The van der Waals surface area contributed by atoms with Crippen LogP contribution in [0.1, 0.15) is 0 Å². The van der Waals surface area contributed by atoms with Crippen LogP contribution in [-0.2, 0) is 0 Å². The molecule has 0 bridgehead atoms. The molecule has 0 spiro atoms. The topological polar surface area (TPSA) is 70.0 Å². The van der Waals surface area contributed by atoms with Crippen LogP contribution in [0.2, 0.25) is 0 Å². The van der Waals surface area contributed by atoms with Crippen LogP contribution in [0.4, 0.5) is 0 Å². The molecule has 0 aliphatic carbocycles. The average Bonchev–Trinajstić information content (AvgIpc) is 1.38. The summed E-state index contributed by atoms with van der Waals surface area (Å²) in [4.78, 5) is 0. The molecule has 1 atom stereocenters. The van der Waals surface area contributed by atoms with Gasteiger partial charge in [-0.05, 0) is 0 Å². The zero-order valence-electron chi connectivity index (χ0n) is 2.63. The van der Waals surface area contributed by atoms with Gasteiger partial charge in [0.25, 0.3) is 0 Å². The standard InChI is InChI=1S/CH6N2OS/c2-1-5(3)4/h4-5H,1-2H2.